The zero-order chi connectivity index (χ0) is 13.5. The number of hydrogen-bond acceptors (Lipinski definition) is 3. The van der Waals surface area contributed by atoms with Gasteiger partial charge in [-0.2, -0.15) is 0 Å². The molecule has 0 aromatic heterocycles. The van der Waals surface area contributed by atoms with Gasteiger partial charge < -0.3 is 15.2 Å². The Morgan fingerprint density at radius 1 is 1.28 bits per heavy atom. The minimum Gasteiger partial charge on any atom is -0.491 e. The summed E-state index contributed by atoms with van der Waals surface area (Å²) >= 11 is 0. The van der Waals surface area contributed by atoms with E-state index >= 15 is 0 Å². The Hall–Kier alpha value is -1.71. The van der Waals surface area contributed by atoms with Crippen LogP contribution in [0.1, 0.15) is 27.2 Å². The molecule has 18 heavy (non-hydrogen) atoms. The highest BCUT2D eigenvalue weighted by molar-refractivity contribution is 5.69. The molecule has 4 heteroatoms. The maximum Gasteiger partial charge on any atom is 0.306 e. The Bertz CT molecular complexity index is 373. The second-order valence-corrected chi connectivity index (χ2v) is 4.65. The summed E-state index contributed by atoms with van der Waals surface area (Å²) in [5.74, 6) is -0.229. The lowest BCUT2D eigenvalue weighted by Crippen LogP contribution is -2.14. The summed E-state index contributed by atoms with van der Waals surface area (Å²) in [6, 6.07) is 7.68. The third-order valence-corrected chi connectivity index (χ3v) is 2.55. The standard InChI is InChI=1S/C14H21NO3/c1-10(2)18-13-6-4-12(5-7-13)15-9-8-11(3)14(16)17/h4-7,10-11,15H,8-9H2,1-3H3,(H,16,17). The Balaban J connectivity index is 2.37. The molecule has 4 nitrogen and oxygen atoms in total. The van der Waals surface area contributed by atoms with Gasteiger partial charge in [-0.25, -0.2) is 0 Å². The van der Waals surface area contributed by atoms with Crippen molar-refractivity contribution in [2.75, 3.05) is 11.9 Å². The lowest BCUT2D eigenvalue weighted by Gasteiger charge is -2.11. The monoisotopic (exact) mass is 251 g/mol. The summed E-state index contributed by atoms with van der Waals surface area (Å²) in [5, 5.41) is 11.9. The first-order valence-electron chi connectivity index (χ1n) is 6.22. The first-order valence-corrected chi connectivity index (χ1v) is 6.22. The number of carboxylic acids is 1. The number of carbonyl (C=O) groups is 1. The Labute approximate surface area is 108 Å². The van der Waals surface area contributed by atoms with E-state index in [0.29, 0.717) is 13.0 Å². The predicted molar refractivity (Wildman–Crippen MR) is 72.1 cm³/mol. The van der Waals surface area contributed by atoms with Gasteiger partial charge in [0.05, 0.1) is 12.0 Å². The maximum atomic E-state index is 10.6. The van der Waals surface area contributed by atoms with E-state index < -0.39 is 5.97 Å². The molecule has 1 aromatic rings. The predicted octanol–water partition coefficient (Wildman–Crippen LogP) is 3.00. The van der Waals surface area contributed by atoms with Crippen LogP contribution in [0, 0.1) is 5.92 Å². The fourth-order valence-electron chi connectivity index (χ4n) is 1.48. The van der Waals surface area contributed by atoms with Crippen LogP contribution < -0.4 is 10.1 Å². The molecule has 100 valence electrons. The van der Waals surface area contributed by atoms with Crippen molar-refractivity contribution < 1.29 is 14.6 Å². The van der Waals surface area contributed by atoms with Crippen LogP contribution in [0.25, 0.3) is 0 Å². The van der Waals surface area contributed by atoms with E-state index in [1.54, 1.807) is 6.92 Å². The maximum absolute atomic E-state index is 10.6. The summed E-state index contributed by atoms with van der Waals surface area (Å²) in [6.07, 6.45) is 0.778. The number of anilines is 1. The Morgan fingerprint density at radius 2 is 1.89 bits per heavy atom. The number of aliphatic carboxylic acids is 1. The SMILES string of the molecule is CC(C)Oc1ccc(NCCC(C)C(=O)O)cc1. The molecule has 0 saturated carbocycles. The van der Waals surface area contributed by atoms with Crippen LogP contribution in [0.5, 0.6) is 5.75 Å². The van der Waals surface area contributed by atoms with Crippen molar-refractivity contribution in [2.24, 2.45) is 5.92 Å². The molecular weight excluding hydrogens is 230 g/mol. The Morgan fingerprint density at radius 3 is 2.39 bits per heavy atom. The summed E-state index contributed by atoms with van der Waals surface area (Å²) in [7, 11) is 0. The molecule has 1 unspecified atom stereocenters. The van der Waals surface area contributed by atoms with Crippen molar-refractivity contribution in [1.29, 1.82) is 0 Å². The number of ether oxygens (including phenoxy) is 1. The van der Waals surface area contributed by atoms with Crippen LogP contribution in [0.4, 0.5) is 5.69 Å². The third kappa shape index (κ3) is 5.08. The molecule has 1 aromatic carbocycles. The molecule has 0 aliphatic heterocycles. The van der Waals surface area contributed by atoms with Crippen molar-refractivity contribution in [3.05, 3.63) is 24.3 Å². The number of benzene rings is 1. The van der Waals surface area contributed by atoms with Crippen molar-refractivity contribution >= 4 is 11.7 Å². The molecule has 0 amide bonds. The van der Waals surface area contributed by atoms with Crippen LogP contribution in [-0.4, -0.2) is 23.7 Å². The third-order valence-electron chi connectivity index (χ3n) is 2.55. The van der Waals surface area contributed by atoms with Crippen LogP contribution in [-0.2, 0) is 4.79 Å². The Kier molecular flexibility index (Phi) is 5.49. The fraction of sp³-hybridized carbons (Fsp3) is 0.500. The first-order chi connectivity index (χ1) is 8.49. The van der Waals surface area contributed by atoms with E-state index in [9.17, 15) is 4.79 Å². The minimum atomic E-state index is -0.752. The van der Waals surface area contributed by atoms with Gasteiger partial charge in [-0.15, -0.1) is 0 Å². The molecule has 2 N–H and O–H groups in total. The molecule has 0 spiro atoms. The summed E-state index contributed by atoms with van der Waals surface area (Å²) in [6.45, 7) is 6.33. The van der Waals surface area contributed by atoms with Crippen molar-refractivity contribution in [3.8, 4) is 5.75 Å². The molecule has 0 fully saturated rings. The molecule has 0 aliphatic carbocycles. The van der Waals surface area contributed by atoms with Gasteiger partial charge in [0.15, 0.2) is 0 Å². The molecule has 1 rings (SSSR count). The van der Waals surface area contributed by atoms with E-state index in [-0.39, 0.29) is 12.0 Å². The number of rotatable bonds is 7. The zero-order valence-electron chi connectivity index (χ0n) is 11.1. The summed E-state index contributed by atoms with van der Waals surface area (Å²) in [4.78, 5) is 10.6. The normalized spacial score (nSPS) is 12.2. The number of carboxylic acid groups (broad SMARTS) is 1. The first kappa shape index (κ1) is 14.4. The highest BCUT2D eigenvalue weighted by Crippen LogP contribution is 2.17. The van der Waals surface area contributed by atoms with E-state index in [4.69, 9.17) is 9.84 Å². The molecule has 0 bridgehead atoms. The molecule has 0 aliphatic rings. The van der Waals surface area contributed by atoms with E-state index in [1.165, 1.54) is 0 Å². The lowest BCUT2D eigenvalue weighted by molar-refractivity contribution is -0.141. The van der Waals surface area contributed by atoms with Gasteiger partial charge in [0, 0.05) is 12.2 Å². The minimum absolute atomic E-state index is 0.167. The van der Waals surface area contributed by atoms with Crippen LogP contribution in [0.2, 0.25) is 0 Å². The van der Waals surface area contributed by atoms with Gasteiger partial charge in [0.2, 0.25) is 0 Å². The van der Waals surface area contributed by atoms with Gasteiger partial charge in [-0.05, 0) is 44.5 Å². The van der Waals surface area contributed by atoms with Crippen LogP contribution >= 0.6 is 0 Å². The molecule has 0 radical (unpaired) electrons. The number of hydrogen-bond donors (Lipinski definition) is 2. The quantitative estimate of drug-likeness (QED) is 0.782. The molecule has 1 atom stereocenters. The van der Waals surface area contributed by atoms with Gasteiger partial charge in [-0.3, -0.25) is 4.79 Å². The van der Waals surface area contributed by atoms with Crippen molar-refractivity contribution in [3.63, 3.8) is 0 Å². The van der Waals surface area contributed by atoms with Crippen molar-refractivity contribution in [1.82, 2.24) is 0 Å². The molecule has 0 saturated heterocycles. The summed E-state index contributed by atoms with van der Waals surface area (Å²) in [5.41, 5.74) is 0.976. The topological polar surface area (TPSA) is 58.6 Å². The van der Waals surface area contributed by atoms with Gasteiger partial charge in [0.25, 0.3) is 0 Å². The average Bonchev–Trinajstić information content (AvgIpc) is 2.30. The molecule has 0 heterocycles. The number of nitrogens with one attached hydrogen (secondary N) is 1. The average molecular weight is 251 g/mol. The van der Waals surface area contributed by atoms with Crippen molar-refractivity contribution in [2.45, 2.75) is 33.3 Å². The highest BCUT2D eigenvalue weighted by atomic mass is 16.5. The lowest BCUT2D eigenvalue weighted by atomic mass is 10.1. The van der Waals surface area contributed by atoms with E-state index in [1.807, 2.05) is 38.1 Å². The summed E-state index contributed by atoms with van der Waals surface area (Å²) < 4.78 is 5.54. The second kappa shape index (κ2) is 6.89. The smallest absolute Gasteiger partial charge is 0.306 e. The van der Waals surface area contributed by atoms with Crippen LogP contribution in [0.15, 0.2) is 24.3 Å². The van der Waals surface area contributed by atoms with E-state index in [0.717, 1.165) is 11.4 Å². The van der Waals surface area contributed by atoms with Gasteiger partial charge in [0.1, 0.15) is 5.75 Å². The van der Waals surface area contributed by atoms with Gasteiger partial charge >= 0.3 is 5.97 Å². The van der Waals surface area contributed by atoms with E-state index in [2.05, 4.69) is 5.32 Å². The second-order valence-electron chi connectivity index (χ2n) is 4.65. The highest BCUT2D eigenvalue weighted by Gasteiger charge is 2.09. The van der Waals surface area contributed by atoms with Gasteiger partial charge in [-0.1, -0.05) is 6.92 Å². The largest absolute Gasteiger partial charge is 0.491 e. The fourth-order valence-corrected chi connectivity index (χ4v) is 1.48. The molecular formula is C14H21NO3. The zero-order valence-corrected chi connectivity index (χ0v) is 11.1. The van der Waals surface area contributed by atoms with Crippen LogP contribution in [0.3, 0.4) is 0 Å².